The smallest absolute Gasteiger partial charge is 0.411 e. The first-order valence-electron chi connectivity index (χ1n) is 9.45. The number of nitrogens with one attached hydrogen (secondary N) is 2. The van der Waals surface area contributed by atoms with Crippen molar-refractivity contribution in [2.75, 3.05) is 11.9 Å². The number of amides is 1. The van der Waals surface area contributed by atoms with Gasteiger partial charge in [-0.1, -0.05) is 66.7 Å². The van der Waals surface area contributed by atoms with Crippen molar-refractivity contribution in [3.8, 4) is 11.1 Å². The summed E-state index contributed by atoms with van der Waals surface area (Å²) in [4.78, 5) is 27.4. The molecule has 1 aliphatic carbocycles. The van der Waals surface area contributed by atoms with Crippen molar-refractivity contribution in [3.05, 3.63) is 100 Å². The highest BCUT2D eigenvalue weighted by atomic mass is 16.5. The van der Waals surface area contributed by atoms with Gasteiger partial charge in [0.15, 0.2) is 0 Å². The summed E-state index contributed by atoms with van der Waals surface area (Å²) >= 11 is 0. The predicted octanol–water partition coefficient (Wildman–Crippen LogP) is 4.89. The van der Waals surface area contributed by atoms with Crippen molar-refractivity contribution in [2.45, 2.75) is 5.92 Å². The van der Waals surface area contributed by atoms with Crippen LogP contribution < -0.4 is 10.9 Å². The van der Waals surface area contributed by atoms with Gasteiger partial charge in [-0.2, -0.15) is 0 Å². The first-order chi connectivity index (χ1) is 14.2. The molecule has 0 atom stereocenters. The molecule has 0 radical (unpaired) electrons. The van der Waals surface area contributed by atoms with Crippen LogP contribution in [-0.4, -0.2) is 17.7 Å². The van der Waals surface area contributed by atoms with E-state index in [1.165, 1.54) is 11.1 Å². The van der Waals surface area contributed by atoms with Gasteiger partial charge in [-0.3, -0.25) is 10.1 Å². The molecular weight excluding hydrogens is 364 g/mol. The Kier molecular flexibility index (Phi) is 4.13. The van der Waals surface area contributed by atoms with Gasteiger partial charge in [0.1, 0.15) is 12.3 Å². The van der Waals surface area contributed by atoms with Crippen molar-refractivity contribution in [1.29, 1.82) is 0 Å². The number of carbonyl (C=O) groups excluding carboxylic acids is 1. The molecule has 4 aromatic rings. The number of benzene rings is 3. The van der Waals surface area contributed by atoms with Crippen molar-refractivity contribution in [2.24, 2.45) is 0 Å². The minimum atomic E-state index is -0.646. The molecule has 142 valence electrons. The van der Waals surface area contributed by atoms with Crippen molar-refractivity contribution in [3.63, 3.8) is 0 Å². The van der Waals surface area contributed by atoms with Crippen LogP contribution in [0, 0.1) is 0 Å². The van der Waals surface area contributed by atoms with Crippen LogP contribution in [0.2, 0.25) is 0 Å². The first kappa shape index (κ1) is 17.3. The van der Waals surface area contributed by atoms with Gasteiger partial charge in [-0.25, -0.2) is 4.79 Å². The van der Waals surface area contributed by atoms with Crippen LogP contribution >= 0.6 is 0 Å². The minimum absolute atomic E-state index is 0.0250. The largest absolute Gasteiger partial charge is 0.448 e. The number of hydrogen-bond donors (Lipinski definition) is 2. The average molecular weight is 382 g/mol. The Morgan fingerprint density at radius 2 is 1.52 bits per heavy atom. The molecule has 2 N–H and O–H groups in total. The van der Waals surface area contributed by atoms with E-state index in [9.17, 15) is 9.59 Å². The summed E-state index contributed by atoms with van der Waals surface area (Å²) in [5.41, 5.74) is 5.15. The van der Waals surface area contributed by atoms with E-state index in [4.69, 9.17) is 4.74 Å². The van der Waals surface area contributed by atoms with E-state index >= 15 is 0 Å². The van der Waals surface area contributed by atoms with Crippen LogP contribution in [-0.2, 0) is 4.74 Å². The summed E-state index contributed by atoms with van der Waals surface area (Å²) in [7, 11) is 0. The molecule has 0 unspecified atom stereocenters. The third kappa shape index (κ3) is 3.06. The molecule has 0 saturated carbocycles. The number of carbonyl (C=O) groups is 1. The van der Waals surface area contributed by atoms with Gasteiger partial charge in [0.05, 0.1) is 0 Å². The second-order valence-corrected chi connectivity index (χ2v) is 7.05. The zero-order valence-corrected chi connectivity index (χ0v) is 15.5. The Bertz CT molecular complexity index is 1250. The number of ether oxygens (including phenoxy) is 1. The molecule has 3 aromatic carbocycles. The normalized spacial score (nSPS) is 12.4. The summed E-state index contributed by atoms with van der Waals surface area (Å²) in [6, 6.07) is 25.4. The van der Waals surface area contributed by atoms with Crippen LogP contribution in [0.25, 0.3) is 22.0 Å². The lowest BCUT2D eigenvalue weighted by atomic mass is 9.98. The van der Waals surface area contributed by atoms with Gasteiger partial charge in [0.2, 0.25) is 0 Å². The maximum absolute atomic E-state index is 12.4. The summed E-state index contributed by atoms with van der Waals surface area (Å²) < 4.78 is 5.51. The third-order valence-electron chi connectivity index (χ3n) is 5.33. The molecule has 0 fully saturated rings. The number of H-pyrrole nitrogens is 1. The molecule has 1 heterocycles. The molecule has 0 bridgehead atoms. The Morgan fingerprint density at radius 1 is 0.897 bits per heavy atom. The van der Waals surface area contributed by atoms with E-state index < -0.39 is 6.09 Å². The van der Waals surface area contributed by atoms with E-state index in [0.29, 0.717) is 0 Å². The maximum Gasteiger partial charge on any atom is 0.411 e. The number of aromatic nitrogens is 1. The van der Waals surface area contributed by atoms with Gasteiger partial charge < -0.3 is 9.72 Å². The van der Waals surface area contributed by atoms with Crippen LogP contribution in [0.5, 0.6) is 0 Å². The van der Waals surface area contributed by atoms with E-state index in [1.807, 2.05) is 48.5 Å². The zero-order valence-electron chi connectivity index (χ0n) is 15.5. The molecule has 1 aromatic heterocycles. The molecule has 5 nitrogen and oxygen atoms in total. The highest BCUT2D eigenvalue weighted by Gasteiger charge is 2.29. The lowest BCUT2D eigenvalue weighted by molar-refractivity contribution is 0.158. The van der Waals surface area contributed by atoms with Crippen molar-refractivity contribution in [1.82, 2.24) is 4.98 Å². The molecule has 5 heteroatoms. The number of aromatic amines is 1. The fraction of sp³-hybridized carbons (Fsp3) is 0.0833. The molecule has 0 aliphatic heterocycles. The molecule has 0 saturated heterocycles. The second kappa shape index (κ2) is 6.95. The predicted molar refractivity (Wildman–Crippen MR) is 113 cm³/mol. The van der Waals surface area contributed by atoms with E-state index in [2.05, 4.69) is 34.6 Å². The van der Waals surface area contributed by atoms with Crippen LogP contribution in [0.3, 0.4) is 0 Å². The van der Waals surface area contributed by atoms with E-state index in [-0.39, 0.29) is 23.8 Å². The van der Waals surface area contributed by atoms with Crippen LogP contribution in [0.4, 0.5) is 10.5 Å². The van der Waals surface area contributed by atoms with E-state index in [1.54, 1.807) is 6.07 Å². The van der Waals surface area contributed by atoms with Gasteiger partial charge in [0, 0.05) is 16.8 Å². The number of anilines is 1. The molecule has 1 amide bonds. The third-order valence-corrected chi connectivity index (χ3v) is 5.33. The Labute approximate surface area is 167 Å². The number of para-hydroxylation sites is 1. The van der Waals surface area contributed by atoms with Crippen LogP contribution in [0.15, 0.2) is 83.7 Å². The summed E-state index contributed by atoms with van der Waals surface area (Å²) in [5, 5.41) is 3.40. The molecule has 0 spiro atoms. The van der Waals surface area contributed by atoms with Gasteiger partial charge >= 0.3 is 6.09 Å². The lowest BCUT2D eigenvalue weighted by Gasteiger charge is -2.14. The summed E-state index contributed by atoms with van der Waals surface area (Å²) in [6.45, 7) is 0.200. The van der Waals surface area contributed by atoms with E-state index in [0.717, 1.165) is 22.0 Å². The number of hydrogen-bond acceptors (Lipinski definition) is 3. The van der Waals surface area contributed by atoms with Gasteiger partial charge in [-0.05, 0) is 34.4 Å². The number of pyridine rings is 1. The summed E-state index contributed by atoms with van der Waals surface area (Å²) in [5.74, 6) is -0.0250. The summed E-state index contributed by atoms with van der Waals surface area (Å²) in [6.07, 6.45) is -0.646. The average Bonchev–Trinajstić information content (AvgIpc) is 3.07. The number of fused-ring (bicyclic) bond motifs is 4. The van der Waals surface area contributed by atoms with Crippen molar-refractivity contribution < 1.29 is 9.53 Å². The highest BCUT2D eigenvalue weighted by Crippen LogP contribution is 2.44. The zero-order chi connectivity index (χ0) is 19.8. The molecule has 1 aliphatic rings. The molecule has 29 heavy (non-hydrogen) atoms. The highest BCUT2D eigenvalue weighted by molar-refractivity contribution is 5.89. The fourth-order valence-electron chi connectivity index (χ4n) is 3.98. The van der Waals surface area contributed by atoms with Crippen LogP contribution in [0.1, 0.15) is 17.0 Å². The quantitative estimate of drug-likeness (QED) is 0.530. The maximum atomic E-state index is 12.4. The topological polar surface area (TPSA) is 71.2 Å². The van der Waals surface area contributed by atoms with Gasteiger partial charge in [-0.15, -0.1) is 0 Å². The monoisotopic (exact) mass is 382 g/mol. The fourth-order valence-corrected chi connectivity index (χ4v) is 3.98. The lowest BCUT2D eigenvalue weighted by Crippen LogP contribution is -2.22. The van der Waals surface area contributed by atoms with Crippen molar-refractivity contribution >= 4 is 22.7 Å². The first-order valence-corrected chi connectivity index (χ1v) is 9.45. The Morgan fingerprint density at radius 3 is 2.24 bits per heavy atom. The minimum Gasteiger partial charge on any atom is -0.448 e. The number of rotatable bonds is 3. The standard InChI is InChI=1S/C24H18N2O3/c27-23-22(13-15-7-1-6-12-21(15)25-23)26-24(28)29-14-20-18-10-4-2-8-16(18)17-9-3-5-11-19(17)20/h1-13,20H,14H2,(H,25,27)(H,26,28). The Hall–Kier alpha value is -3.86. The SMILES string of the molecule is O=C(Nc1cc2ccccc2[nH]c1=O)OCC1c2ccccc2-c2ccccc21. The second-order valence-electron chi connectivity index (χ2n) is 7.05. The molecule has 5 rings (SSSR count). The molecular formula is C24H18N2O3. The Balaban J connectivity index is 1.35. The van der Waals surface area contributed by atoms with Gasteiger partial charge in [0.25, 0.3) is 5.56 Å².